The summed E-state index contributed by atoms with van der Waals surface area (Å²) in [5, 5.41) is 0. The molecule has 0 bridgehead atoms. The average Bonchev–Trinajstić information content (AvgIpc) is 2.17. The zero-order valence-corrected chi connectivity index (χ0v) is 11.1. The molecule has 1 rings (SSSR count). The standard InChI is InChI=1S/C10H22N2O3S/c1-9(2,3)16(13,14)12-10(8-11)4-6-15-7-5-10/h12H,4-8,11H2,1-3H3. The van der Waals surface area contributed by atoms with Gasteiger partial charge in [-0.15, -0.1) is 0 Å². The lowest BCUT2D eigenvalue weighted by atomic mass is 9.92. The maximum absolute atomic E-state index is 12.1. The molecule has 0 saturated carbocycles. The first-order valence-electron chi connectivity index (χ1n) is 5.54. The summed E-state index contributed by atoms with van der Waals surface area (Å²) in [6.07, 6.45) is 1.28. The fourth-order valence-corrected chi connectivity index (χ4v) is 2.71. The van der Waals surface area contributed by atoms with E-state index in [1.165, 1.54) is 0 Å². The van der Waals surface area contributed by atoms with Gasteiger partial charge in [-0.05, 0) is 33.6 Å². The van der Waals surface area contributed by atoms with E-state index in [0.29, 0.717) is 32.6 Å². The molecule has 3 N–H and O–H groups in total. The number of nitrogens with two attached hydrogens (primary N) is 1. The van der Waals surface area contributed by atoms with Crippen molar-refractivity contribution in [3.05, 3.63) is 0 Å². The Morgan fingerprint density at radius 2 is 1.81 bits per heavy atom. The molecule has 1 saturated heterocycles. The van der Waals surface area contributed by atoms with Crippen LogP contribution in [0.1, 0.15) is 33.6 Å². The molecule has 0 aromatic rings. The van der Waals surface area contributed by atoms with Gasteiger partial charge in [0.2, 0.25) is 10.0 Å². The zero-order chi connectivity index (χ0) is 12.4. The highest BCUT2D eigenvalue weighted by atomic mass is 32.2. The van der Waals surface area contributed by atoms with Gasteiger partial charge in [0.05, 0.1) is 4.75 Å². The number of rotatable bonds is 3. The molecule has 0 unspecified atom stereocenters. The van der Waals surface area contributed by atoms with Crippen molar-refractivity contribution in [3.8, 4) is 0 Å². The van der Waals surface area contributed by atoms with E-state index < -0.39 is 20.3 Å². The number of sulfonamides is 1. The average molecular weight is 250 g/mol. The lowest BCUT2D eigenvalue weighted by Gasteiger charge is -2.38. The molecule has 0 radical (unpaired) electrons. The second kappa shape index (κ2) is 4.60. The van der Waals surface area contributed by atoms with Gasteiger partial charge in [-0.3, -0.25) is 0 Å². The first-order chi connectivity index (χ1) is 7.22. The molecular weight excluding hydrogens is 228 g/mol. The Balaban J connectivity index is 2.85. The Labute approximate surface area is 97.8 Å². The van der Waals surface area contributed by atoms with Gasteiger partial charge in [0, 0.05) is 25.3 Å². The summed E-state index contributed by atoms with van der Waals surface area (Å²) in [7, 11) is -3.35. The first-order valence-corrected chi connectivity index (χ1v) is 7.02. The summed E-state index contributed by atoms with van der Waals surface area (Å²) in [6, 6.07) is 0. The van der Waals surface area contributed by atoms with E-state index in [1.807, 2.05) is 0 Å². The summed E-state index contributed by atoms with van der Waals surface area (Å²) in [6.45, 7) is 6.47. The molecule has 5 nitrogen and oxygen atoms in total. The molecule has 0 amide bonds. The Bertz CT molecular complexity index is 326. The highest BCUT2D eigenvalue weighted by Crippen LogP contribution is 2.24. The third-order valence-electron chi connectivity index (χ3n) is 3.00. The minimum atomic E-state index is -3.35. The predicted molar refractivity (Wildman–Crippen MR) is 63.6 cm³/mol. The lowest BCUT2D eigenvalue weighted by Crippen LogP contribution is -2.59. The zero-order valence-electron chi connectivity index (χ0n) is 10.2. The van der Waals surface area contributed by atoms with E-state index in [2.05, 4.69) is 4.72 Å². The number of ether oxygens (including phenoxy) is 1. The smallest absolute Gasteiger partial charge is 0.217 e. The molecule has 0 spiro atoms. The molecule has 0 aromatic carbocycles. The molecular formula is C10H22N2O3S. The van der Waals surface area contributed by atoms with E-state index in [9.17, 15) is 8.42 Å². The van der Waals surface area contributed by atoms with Crippen molar-refractivity contribution in [2.75, 3.05) is 19.8 Å². The predicted octanol–water partition coefficient (Wildman–Crippen LogP) is 0.212. The number of hydrogen-bond acceptors (Lipinski definition) is 4. The summed E-state index contributed by atoms with van der Waals surface area (Å²) >= 11 is 0. The van der Waals surface area contributed by atoms with Gasteiger partial charge >= 0.3 is 0 Å². The van der Waals surface area contributed by atoms with Gasteiger partial charge < -0.3 is 10.5 Å². The minimum Gasteiger partial charge on any atom is -0.381 e. The van der Waals surface area contributed by atoms with Gasteiger partial charge in [-0.2, -0.15) is 0 Å². The van der Waals surface area contributed by atoms with Crippen LogP contribution >= 0.6 is 0 Å². The SMILES string of the molecule is CC(C)(C)S(=O)(=O)NC1(CN)CCOCC1. The molecule has 16 heavy (non-hydrogen) atoms. The normalized spacial score (nSPS) is 22.0. The van der Waals surface area contributed by atoms with E-state index in [-0.39, 0.29) is 0 Å². The largest absolute Gasteiger partial charge is 0.381 e. The molecule has 96 valence electrons. The van der Waals surface area contributed by atoms with Crippen LogP contribution in [0.15, 0.2) is 0 Å². The summed E-state index contributed by atoms with van der Waals surface area (Å²) in [4.78, 5) is 0. The Morgan fingerprint density at radius 3 is 2.19 bits per heavy atom. The quantitative estimate of drug-likeness (QED) is 0.750. The second-order valence-electron chi connectivity index (χ2n) is 5.31. The lowest BCUT2D eigenvalue weighted by molar-refractivity contribution is 0.0500. The van der Waals surface area contributed by atoms with Crippen LogP contribution in [0.25, 0.3) is 0 Å². The fraction of sp³-hybridized carbons (Fsp3) is 1.00. The van der Waals surface area contributed by atoms with Gasteiger partial charge in [0.25, 0.3) is 0 Å². The van der Waals surface area contributed by atoms with E-state index in [4.69, 9.17) is 10.5 Å². The molecule has 1 aliphatic heterocycles. The molecule has 6 heteroatoms. The van der Waals surface area contributed by atoms with Crippen molar-refractivity contribution in [2.24, 2.45) is 5.73 Å². The Hall–Kier alpha value is -0.170. The molecule has 0 atom stereocenters. The topological polar surface area (TPSA) is 81.4 Å². The molecule has 1 aliphatic rings. The summed E-state index contributed by atoms with van der Waals surface area (Å²) in [5.74, 6) is 0. The Kier molecular flexibility index (Phi) is 3.99. The van der Waals surface area contributed by atoms with Crippen molar-refractivity contribution >= 4 is 10.0 Å². The van der Waals surface area contributed by atoms with Crippen LogP contribution in [0.3, 0.4) is 0 Å². The van der Waals surface area contributed by atoms with Crippen LogP contribution in [0, 0.1) is 0 Å². The minimum absolute atomic E-state index is 0.311. The van der Waals surface area contributed by atoms with E-state index in [0.717, 1.165) is 0 Å². The highest BCUT2D eigenvalue weighted by Gasteiger charge is 2.39. The first kappa shape index (κ1) is 13.9. The van der Waals surface area contributed by atoms with Crippen molar-refractivity contribution in [1.82, 2.24) is 4.72 Å². The summed E-state index contributed by atoms with van der Waals surface area (Å²) in [5.41, 5.74) is 5.18. The van der Waals surface area contributed by atoms with Gasteiger partial charge in [-0.1, -0.05) is 0 Å². The Morgan fingerprint density at radius 1 is 1.31 bits per heavy atom. The van der Waals surface area contributed by atoms with Crippen LogP contribution in [0.2, 0.25) is 0 Å². The van der Waals surface area contributed by atoms with Crippen molar-refractivity contribution < 1.29 is 13.2 Å². The van der Waals surface area contributed by atoms with Crippen LogP contribution in [-0.4, -0.2) is 38.5 Å². The highest BCUT2D eigenvalue weighted by molar-refractivity contribution is 7.90. The third kappa shape index (κ3) is 2.94. The van der Waals surface area contributed by atoms with Crippen LogP contribution in [0.5, 0.6) is 0 Å². The maximum Gasteiger partial charge on any atom is 0.217 e. The van der Waals surface area contributed by atoms with Gasteiger partial charge in [-0.25, -0.2) is 13.1 Å². The van der Waals surface area contributed by atoms with Crippen molar-refractivity contribution in [3.63, 3.8) is 0 Å². The monoisotopic (exact) mass is 250 g/mol. The van der Waals surface area contributed by atoms with Gasteiger partial charge in [0.15, 0.2) is 0 Å². The second-order valence-corrected chi connectivity index (χ2v) is 7.75. The van der Waals surface area contributed by atoms with Gasteiger partial charge in [0.1, 0.15) is 0 Å². The molecule has 1 heterocycles. The fourth-order valence-electron chi connectivity index (χ4n) is 1.55. The van der Waals surface area contributed by atoms with Crippen LogP contribution in [-0.2, 0) is 14.8 Å². The van der Waals surface area contributed by atoms with Crippen molar-refractivity contribution in [1.29, 1.82) is 0 Å². The number of nitrogens with one attached hydrogen (secondary N) is 1. The third-order valence-corrected chi connectivity index (χ3v) is 5.31. The molecule has 1 fully saturated rings. The van der Waals surface area contributed by atoms with Crippen LogP contribution in [0.4, 0.5) is 0 Å². The maximum atomic E-state index is 12.1. The number of hydrogen-bond donors (Lipinski definition) is 2. The van der Waals surface area contributed by atoms with Crippen molar-refractivity contribution in [2.45, 2.75) is 43.9 Å². The molecule has 0 aromatic heterocycles. The van der Waals surface area contributed by atoms with Crippen LogP contribution < -0.4 is 10.5 Å². The summed E-state index contributed by atoms with van der Waals surface area (Å²) < 4.78 is 31.3. The molecule has 0 aliphatic carbocycles. The van der Waals surface area contributed by atoms with E-state index >= 15 is 0 Å². The van der Waals surface area contributed by atoms with E-state index in [1.54, 1.807) is 20.8 Å².